The zero-order valence-electron chi connectivity index (χ0n) is 17.2. The van der Waals surface area contributed by atoms with Crippen LogP contribution >= 0.6 is 0 Å². The number of halogens is 1. The van der Waals surface area contributed by atoms with Crippen LogP contribution in [0.4, 0.5) is 22.0 Å². The van der Waals surface area contributed by atoms with Gasteiger partial charge in [0.15, 0.2) is 5.82 Å². The summed E-state index contributed by atoms with van der Waals surface area (Å²) in [6.45, 7) is 3.51. The van der Waals surface area contributed by atoms with Crippen molar-refractivity contribution in [2.75, 3.05) is 16.8 Å². The molecule has 0 saturated carbocycles. The van der Waals surface area contributed by atoms with E-state index < -0.39 is 11.9 Å². The van der Waals surface area contributed by atoms with Crippen LogP contribution in [0.15, 0.2) is 41.5 Å². The normalized spacial score (nSPS) is 11.8. The van der Waals surface area contributed by atoms with Crippen LogP contribution in [0.2, 0.25) is 0 Å². The zero-order valence-corrected chi connectivity index (χ0v) is 17.2. The van der Waals surface area contributed by atoms with Gasteiger partial charge in [0.1, 0.15) is 29.1 Å². The van der Waals surface area contributed by atoms with Gasteiger partial charge < -0.3 is 16.8 Å². The van der Waals surface area contributed by atoms with Gasteiger partial charge in [-0.05, 0) is 25.5 Å². The van der Waals surface area contributed by atoms with Crippen molar-refractivity contribution in [3.8, 4) is 11.8 Å². The molecule has 3 aromatic heterocycles. The first-order valence-corrected chi connectivity index (χ1v) is 9.53. The summed E-state index contributed by atoms with van der Waals surface area (Å²) in [4.78, 5) is 29.9. The van der Waals surface area contributed by atoms with E-state index in [-0.39, 0.29) is 40.2 Å². The van der Waals surface area contributed by atoms with Gasteiger partial charge in [-0.2, -0.15) is 15.2 Å². The molecule has 11 heteroatoms. The number of anilines is 3. The summed E-state index contributed by atoms with van der Waals surface area (Å²) < 4.78 is 15.2. The lowest BCUT2D eigenvalue weighted by molar-refractivity contribution is 0.617. The Morgan fingerprint density at radius 2 is 2.00 bits per heavy atom. The molecule has 32 heavy (non-hydrogen) atoms. The molecule has 1 atom stereocenters. The molecule has 0 unspecified atom stereocenters. The number of aryl methyl sites for hydroxylation is 1. The molecule has 0 bridgehead atoms. The van der Waals surface area contributed by atoms with Gasteiger partial charge in [-0.15, -0.1) is 0 Å². The third kappa shape index (κ3) is 3.54. The van der Waals surface area contributed by atoms with Gasteiger partial charge in [-0.3, -0.25) is 14.3 Å². The SMILES string of the molecule is Cc1cccc2nc([C@H](C)Nc3nc(N)nc(N)c3C#N)n(-c3cncc(F)c3)c(=O)c12. The Hall–Kier alpha value is -4.59. The molecule has 0 fully saturated rings. The molecular formula is C21H18FN9O. The van der Waals surface area contributed by atoms with Crippen LogP contribution in [-0.2, 0) is 0 Å². The molecule has 5 N–H and O–H groups in total. The van der Waals surface area contributed by atoms with Crippen molar-refractivity contribution in [2.45, 2.75) is 19.9 Å². The van der Waals surface area contributed by atoms with Gasteiger partial charge >= 0.3 is 0 Å². The fraction of sp³-hybridized carbons (Fsp3) is 0.143. The van der Waals surface area contributed by atoms with Crippen molar-refractivity contribution < 1.29 is 4.39 Å². The van der Waals surface area contributed by atoms with Crippen LogP contribution in [0, 0.1) is 24.1 Å². The summed E-state index contributed by atoms with van der Waals surface area (Å²) in [5.41, 5.74) is 12.5. The summed E-state index contributed by atoms with van der Waals surface area (Å²) >= 11 is 0. The van der Waals surface area contributed by atoms with Crippen molar-refractivity contribution in [1.29, 1.82) is 5.26 Å². The smallest absolute Gasteiger partial charge is 0.266 e. The predicted octanol–water partition coefficient (Wildman–Crippen LogP) is 2.23. The summed E-state index contributed by atoms with van der Waals surface area (Å²) in [6, 6.07) is 7.76. The lowest BCUT2D eigenvalue weighted by atomic mass is 10.1. The first-order valence-electron chi connectivity index (χ1n) is 9.53. The highest BCUT2D eigenvalue weighted by Crippen LogP contribution is 2.25. The average Bonchev–Trinajstić information content (AvgIpc) is 2.73. The fourth-order valence-electron chi connectivity index (χ4n) is 3.46. The van der Waals surface area contributed by atoms with Gasteiger partial charge in [0.25, 0.3) is 5.56 Å². The van der Waals surface area contributed by atoms with Crippen molar-refractivity contribution in [1.82, 2.24) is 24.5 Å². The molecule has 0 aliphatic carbocycles. The van der Waals surface area contributed by atoms with Gasteiger partial charge in [-0.25, -0.2) is 9.37 Å². The van der Waals surface area contributed by atoms with Crippen LogP contribution in [0.1, 0.15) is 29.9 Å². The van der Waals surface area contributed by atoms with Crippen LogP contribution < -0.4 is 22.3 Å². The van der Waals surface area contributed by atoms with E-state index in [9.17, 15) is 14.4 Å². The highest BCUT2D eigenvalue weighted by molar-refractivity contribution is 5.81. The number of fused-ring (bicyclic) bond motifs is 1. The lowest BCUT2D eigenvalue weighted by Crippen LogP contribution is -2.28. The molecule has 0 saturated heterocycles. The number of nitrogens with two attached hydrogens (primary N) is 2. The number of hydrogen-bond donors (Lipinski definition) is 3. The number of nitrogens with zero attached hydrogens (tertiary/aromatic N) is 6. The second-order valence-corrected chi connectivity index (χ2v) is 7.11. The maximum absolute atomic E-state index is 14.0. The Labute approximate surface area is 181 Å². The number of nitriles is 1. The molecule has 0 amide bonds. The lowest BCUT2D eigenvalue weighted by Gasteiger charge is -2.21. The first-order chi connectivity index (χ1) is 15.3. The quantitative estimate of drug-likeness (QED) is 0.440. The van der Waals surface area contributed by atoms with Gasteiger partial charge in [0, 0.05) is 6.07 Å². The molecule has 10 nitrogen and oxygen atoms in total. The molecule has 0 aliphatic rings. The van der Waals surface area contributed by atoms with E-state index in [0.29, 0.717) is 10.9 Å². The van der Waals surface area contributed by atoms with Crippen molar-refractivity contribution in [2.24, 2.45) is 0 Å². The van der Waals surface area contributed by atoms with E-state index in [1.165, 1.54) is 16.8 Å². The van der Waals surface area contributed by atoms with Crippen LogP contribution in [-0.4, -0.2) is 24.5 Å². The Morgan fingerprint density at radius 3 is 2.72 bits per heavy atom. The topological polar surface area (TPSA) is 161 Å². The Kier molecular flexibility index (Phi) is 5.11. The summed E-state index contributed by atoms with van der Waals surface area (Å²) in [7, 11) is 0. The van der Waals surface area contributed by atoms with E-state index >= 15 is 0 Å². The largest absolute Gasteiger partial charge is 0.382 e. The Bertz CT molecular complexity index is 1460. The Balaban J connectivity index is 1.95. The second kappa shape index (κ2) is 7.92. The summed E-state index contributed by atoms with van der Waals surface area (Å²) in [5.74, 6) is -0.463. The summed E-state index contributed by atoms with van der Waals surface area (Å²) in [6.07, 6.45) is 2.41. The van der Waals surface area contributed by atoms with Crippen molar-refractivity contribution >= 4 is 28.5 Å². The summed E-state index contributed by atoms with van der Waals surface area (Å²) in [5, 5.41) is 12.9. The third-order valence-corrected chi connectivity index (χ3v) is 4.89. The van der Waals surface area contributed by atoms with Crippen molar-refractivity contribution in [3.63, 3.8) is 0 Å². The van der Waals surface area contributed by atoms with E-state index in [2.05, 4.69) is 25.3 Å². The average molecular weight is 431 g/mol. The second-order valence-electron chi connectivity index (χ2n) is 7.11. The Morgan fingerprint density at radius 1 is 1.22 bits per heavy atom. The van der Waals surface area contributed by atoms with Gasteiger partial charge in [0.05, 0.1) is 35.0 Å². The molecule has 3 heterocycles. The van der Waals surface area contributed by atoms with Crippen molar-refractivity contribution in [3.05, 3.63) is 69.8 Å². The number of nitrogens with one attached hydrogen (secondary N) is 1. The van der Waals surface area contributed by atoms with E-state index in [1.807, 2.05) is 6.07 Å². The molecular weight excluding hydrogens is 413 g/mol. The fourth-order valence-corrected chi connectivity index (χ4v) is 3.46. The molecule has 0 aliphatic heterocycles. The maximum Gasteiger partial charge on any atom is 0.266 e. The van der Waals surface area contributed by atoms with E-state index in [0.717, 1.165) is 11.8 Å². The molecule has 0 radical (unpaired) electrons. The number of benzene rings is 1. The highest BCUT2D eigenvalue weighted by atomic mass is 19.1. The number of pyridine rings is 1. The van der Waals surface area contributed by atoms with E-state index in [4.69, 9.17) is 11.5 Å². The van der Waals surface area contributed by atoms with E-state index in [1.54, 1.807) is 32.0 Å². The van der Waals surface area contributed by atoms with Gasteiger partial charge in [-0.1, -0.05) is 12.1 Å². The maximum atomic E-state index is 14.0. The van der Waals surface area contributed by atoms with Gasteiger partial charge in [0.2, 0.25) is 5.95 Å². The zero-order chi connectivity index (χ0) is 23.0. The number of aromatic nitrogens is 5. The standard InChI is InChI=1S/C21H18FN9O/c1-10-4-3-5-15-16(10)20(32)31(13-6-12(22)8-26-9-13)19(28-15)11(2)27-18-14(7-23)17(24)29-21(25)30-18/h3-6,8-9,11H,1-2H3,(H5,24,25,27,29,30)/t11-/m0/s1. The van der Waals surface area contributed by atoms with Crippen LogP contribution in [0.5, 0.6) is 0 Å². The number of rotatable bonds is 4. The minimum absolute atomic E-state index is 0.00371. The minimum atomic E-state index is -0.670. The third-order valence-electron chi connectivity index (χ3n) is 4.89. The molecule has 4 rings (SSSR count). The molecule has 4 aromatic rings. The van der Waals surface area contributed by atoms with Crippen LogP contribution in [0.25, 0.3) is 16.6 Å². The number of hydrogen-bond acceptors (Lipinski definition) is 9. The highest BCUT2D eigenvalue weighted by Gasteiger charge is 2.22. The monoisotopic (exact) mass is 431 g/mol. The first kappa shape index (κ1) is 20.7. The molecule has 1 aromatic carbocycles. The number of nitrogen functional groups attached to an aromatic ring is 2. The minimum Gasteiger partial charge on any atom is -0.382 e. The molecule has 160 valence electrons. The molecule has 0 spiro atoms. The van der Waals surface area contributed by atoms with Crippen LogP contribution in [0.3, 0.4) is 0 Å². The predicted molar refractivity (Wildman–Crippen MR) is 117 cm³/mol.